The van der Waals surface area contributed by atoms with E-state index in [1.165, 1.54) is 0 Å². The van der Waals surface area contributed by atoms with Crippen LogP contribution in [0.4, 0.5) is 5.69 Å². The molecule has 0 unspecified atom stereocenters. The summed E-state index contributed by atoms with van der Waals surface area (Å²) in [6.07, 6.45) is 1.71. The molecule has 5 heteroatoms. The summed E-state index contributed by atoms with van der Waals surface area (Å²) < 4.78 is 1.95. The Hall–Kier alpha value is -4.56. The molecule has 0 saturated carbocycles. The number of tetrazole rings is 1. The lowest BCUT2D eigenvalue weighted by Gasteiger charge is -2.14. The molecular formula is C27H20N5+. The summed E-state index contributed by atoms with van der Waals surface area (Å²) in [5.74, 6) is 0. The molecule has 0 spiro atoms. The lowest BCUT2D eigenvalue weighted by atomic mass is 9.96. The minimum atomic E-state index is 0.601. The van der Waals surface area contributed by atoms with Gasteiger partial charge in [-0.25, -0.2) is 4.85 Å². The fourth-order valence-electron chi connectivity index (χ4n) is 3.88. The van der Waals surface area contributed by atoms with Crippen molar-refractivity contribution in [2.24, 2.45) is 0 Å². The molecule has 0 aliphatic carbocycles. The van der Waals surface area contributed by atoms with Crippen molar-refractivity contribution < 1.29 is 4.68 Å². The first-order valence-corrected chi connectivity index (χ1v) is 10.3. The maximum atomic E-state index is 7.49. The Kier molecular flexibility index (Phi) is 5.03. The van der Waals surface area contributed by atoms with E-state index < -0.39 is 0 Å². The Bertz CT molecular complexity index is 1370. The van der Waals surface area contributed by atoms with Crippen molar-refractivity contribution in [3.05, 3.63) is 120 Å². The van der Waals surface area contributed by atoms with Gasteiger partial charge in [-0.15, -0.1) is 4.68 Å². The van der Waals surface area contributed by atoms with Crippen molar-refractivity contribution in [3.8, 4) is 33.6 Å². The molecular weight excluding hydrogens is 394 g/mol. The summed E-state index contributed by atoms with van der Waals surface area (Å²) in [6.45, 7) is 9.43. The number of rotatable bonds is 4. The van der Waals surface area contributed by atoms with Gasteiger partial charge in [-0.3, -0.25) is 0 Å². The van der Waals surface area contributed by atoms with Crippen LogP contribution in [0.1, 0.15) is 5.56 Å². The summed E-state index contributed by atoms with van der Waals surface area (Å²) in [4.78, 5) is 5.39. The van der Waals surface area contributed by atoms with E-state index >= 15 is 0 Å². The SMILES string of the molecule is [C-]#[N+]c1cc(-n2nnc[n+]2-c2c(-c3ccccc3)cccc2-c2ccccc2)ccc1C. The van der Waals surface area contributed by atoms with E-state index in [0.717, 1.165) is 39.2 Å². The molecule has 0 N–H and O–H groups in total. The number of aryl methyl sites for hydroxylation is 1. The Morgan fingerprint density at radius 2 is 1.41 bits per heavy atom. The number of hydrogen-bond donors (Lipinski definition) is 0. The highest BCUT2D eigenvalue weighted by Gasteiger charge is 2.23. The van der Waals surface area contributed by atoms with Gasteiger partial charge < -0.3 is 0 Å². The molecule has 5 aromatic rings. The molecule has 5 nitrogen and oxygen atoms in total. The smallest absolute Gasteiger partial charge is 0.238 e. The highest BCUT2D eigenvalue weighted by atomic mass is 15.6. The molecule has 0 bridgehead atoms. The van der Waals surface area contributed by atoms with E-state index in [1.54, 1.807) is 11.1 Å². The van der Waals surface area contributed by atoms with Crippen molar-refractivity contribution in [1.82, 2.24) is 15.1 Å². The molecule has 152 valence electrons. The van der Waals surface area contributed by atoms with Gasteiger partial charge in [-0.05, 0) is 40.5 Å². The molecule has 0 fully saturated rings. The normalized spacial score (nSPS) is 10.6. The molecule has 1 heterocycles. The Balaban J connectivity index is 1.80. The highest BCUT2D eigenvalue weighted by Crippen LogP contribution is 2.33. The van der Waals surface area contributed by atoms with Crippen LogP contribution in [0.2, 0.25) is 0 Å². The zero-order chi connectivity index (χ0) is 21.9. The molecule has 5 rings (SSSR count). The molecule has 0 aliphatic heterocycles. The predicted molar refractivity (Wildman–Crippen MR) is 125 cm³/mol. The monoisotopic (exact) mass is 414 g/mol. The Morgan fingerprint density at radius 3 is 2.00 bits per heavy atom. The maximum Gasteiger partial charge on any atom is 0.294 e. The van der Waals surface area contributed by atoms with Gasteiger partial charge in [0.05, 0.1) is 6.57 Å². The lowest BCUT2D eigenvalue weighted by Crippen LogP contribution is -2.41. The van der Waals surface area contributed by atoms with E-state index in [0.29, 0.717) is 5.69 Å². The van der Waals surface area contributed by atoms with E-state index in [1.807, 2.05) is 66.2 Å². The first-order chi connectivity index (χ1) is 15.8. The predicted octanol–water partition coefficient (Wildman–Crippen LogP) is 5.74. The number of para-hydroxylation sites is 1. The van der Waals surface area contributed by atoms with E-state index in [4.69, 9.17) is 6.57 Å². The minimum Gasteiger partial charge on any atom is -0.238 e. The third kappa shape index (κ3) is 3.44. The Morgan fingerprint density at radius 1 is 0.781 bits per heavy atom. The summed E-state index contributed by atoms with van der Waals surface area (Å²) >= 11 is 0. The summed E-state index contributed by atoms with van der Waals surface area (Å²) in [6, 6.07) is 32.6. The van der Waals surface area contributed by atoms with Gasteiger partial charge in [0.1, 0.15) is 16.5 Å². The van der Waals surface area contributed by atoms with Crippen LogP contribution in [-0.2, 0) is 0 Å². The molecule has 4 aromatic carbocycles. The average Bonchev–Trinajstić information content (AvgIpc) is 3.34. The van der Waals surface area contributed by atoms with Crippen molar-refractivity contribution in [1.29, 1.82) is 0 Å². The van der Waals surface area contributed by atoms with Crippen LogP contribution in [0, 0.1) is 13.5 Å². The van der Waals surface area contributed by atoms with E-state index in [2.05, 4.69) is 57.6 Å². The number of nitrogens with zero attached hydrogens (tertiary/aromatic N) is 5. The zero-order valence-electron chi connectivity index (χ0n) is 17.6. The van der Waals surface area contributed by atoms with Crippen LogP contribution in [0.3, 0.4) is 0 Å². The van der Waals surface area contributed by atoms with Gasteiger partial charge in [0, 0.05) is 11.1 Å². The van der Waals surface area contributed by atoms with Crippen LogP contribution in [-0.4, -0.2) is 15.1 Å². The molecule has 0 aliphatic rings. The first kappa shape index (κ1) is 19.4. The van der Waals surface area contributed by atoms with Crippen molar-refractivity contribution >= 4 is 5.69 Å². The van der Waals surface area contributed by atoms with Gasteiger partial charge in [-0.2, -0.15) is 0 Å². The van der Waals surface area contributed by atoms with Gasteiger partial charge in [-0.1, -0.05) is 84.9 Å². The summed E-state index contributed by atoms with van der Waals surface area (Å²) in [5.41, 5.74) is 7.63. The molecule has 0 saturated heterocycles. The van der Waals surface area contributed by atoms with E-state index in [9.17, 15) is 0 Å². The van der Waals surface area contributed by atoms with Crippen LogP contribution in [0.25, 0.3) is 38.5 Å². The molecule has 0 amide bonds. The second-order valence-corrected chi connectivity index (χ2v) is 7.47. The maximum absolute atomic E-state index is 7.49. The van der Waals surface area contributed by atoms with Crippen molar-refractivity contribution in [3.63, 3.8) is 0 Å². The molecule has 32 heavy (non-hydrogen) atoms. The molecule has 0 atom stereocenters. The van der Waals surface area contributed by atoms with Crippen molar-refractivity contribution in [2.45, 2.75) is 6.92 Å². The third-order valence-corrected chi connectivity index (χ3v) is 5.48. The quantitative estimate of drug-likeness (QED) is 0.278. The second kappa shape index (κ2) is 8.29. The lowest BCUT2D eigenvalue weighted by molar-refractivity contribution is -0.679. The van der Waals surface area contributed by atoms with Crippen molar-refractivity contribution in [2.75, 3.05) is 0 Å². The first-order valence-electron chi connectivity index (χ1n) is 10.3. The second-order valence-electron chi connectivity index (χ2n) is 7.47. The van der Waals surface area contributed by atoms with Gasteiger partial charge in [0.2, 0.25) is 0 Å². The third-order valence-electron chi connectivity index (χ3n) is 5.48. The summed E-state index contributed by atoms with van der Waals surface area (Å²) in [7, 11) is 0. The zero-order valence-corrected chi connectivity index (χ0v) is 17.6. The standard InChI is InChI=1S/C27H20N5/c1-20-16-17-23(18-26(20)28-2)32-30-29-19-31(32)27-24(21-10-5-3-6-11-21)14-9-15-25(27)22-12-7-4-8-13-22/h3-19H,1H3/q+1. The number of hydrogen-bond acceptors (Lipinski definition) is 2. The molecule has 0 radical (unpaired) electrons. The highest BCUT2D eigenvalue weighted by molar-refractivity contribution is 5.82. The largest absolute Gasteiger partial charge is 0.294 e. The fraction of sp³-hybridized carbons (Fsp3) is 0.0370. The number of aromatic nitrogens is 4. The van der Waals surface area contributed by atoms with Gasteiger partial charge >= 0.3 is 0 Å². The average molecular weight is 414 g/mol. The summed E-state index contributed by atoms with van der Waals surface area (Å²) in [5, 5.41) is 8.59. The van der Waals surface area contributed by atoms with Crippen LogP contribution >= 0.6 is 0 Å². The van der Waals surface area contributed by atoms with E-state index in [-0.39, 0.29) is 0 Å². The van der Waals surface area contributed by atoms with Gasteiger partial charge in [0.15, 0.2) is 10.9 Å². The van der Waals surface area contributed by atoms with Gasteiger partial charge in [0.25, 0.3) is 6.33 Å². The number of benzene rings is 4. The fourth-order valence-corrected chi connectivity index (χ4v) is 3.88. The molecule has 1 aromatic heterocycles. The van der Waals surface area contributed by atoms with Crippen LogP contribution < -0.4 is 4.68 Å². The van der Waals surface area contributed by atoms with Crippen LogP contribution in [0.5, 0.6) is 0 Å². The van der Waals surface area contributed by atoms with Crippen LogP contribution in [0.15, 0.2) is 103 Å². The topological polar surface area (TPSA) is 39.0 Å². The Labute approximate surface area is 186 Å². The minimum absolute atomic E-state index is 0.601.